The van der Waals surface area contributed by atoms with Crippen LogP contribution < -0.4 is 0 Å². The molecule has 0 radical (unpaired) electrons. The predicted octanol–water partition coefficient (Wildman–Crippen LogP) is 4.42. The van der Waals surface area contributed by atoms with Crippen molar-refractivity contribution in [2.24, 2.45) is 0 Å². The number of hydrogen-bond acceptors (Lipinski definition) is 2. The van der Waals surface area contributed by atoms with Crippen molar-refractivity contribution in [1.82, 2.24) is 0 Å². The molecule has 0 aliphatic heterocycles. The lowest BCUT2D eigenvalue weighted by Gasteiger charge is -2.02. The number of ether oxygens (including phenoxy) is 1. The summed E-state index contributed by atoms with van der Waals surface area (Å²) in [6, 6.07) is 0. The van der Waals surface area contributed by atoms with Gasteiger partial charge in [0.25, 0.3) is 0 Å². The molecule has 102 valence electrons. The number of carbonyl (C=O) groups is 1. The van der Waals surface area contributed by atoms with E-state index in [0.717, 1.165) is 32.1 Å². The molecule has 0 atom stereocenters. The highest BCUT2D eigenvalue weighted by molar-refractivity contribution is 5.69. The summed E-state index contributed by atoms with van der Waals surface area (Å²) in [5.41, 5.74) is 0. The Bertz CT molecular complexity index is 172. The average Bonchev–Trinajstić information content (AvgIpc) is 2.32. The van der Waals surface area contributed by atoms with Crippen molar-refractivity contribution in [3.8, 4) is 0 Å². The smallest absolute Gasteiger partial charge is 0.305 e. The molecular formula is C14H27FO2. The van der Waals surface area contributed by atoms with Gasteiger partial charge in [-0.1, -0.05) is 44.9 Å². The maximum atomic E-state index is 11.8. The number of alkyl halides is 1. The van der Waals surface area contributed by atoms with Gasteiger partial charge >= 0.3 is 5.97 Å². The first kappa shape index (κ1) is 16.4. The molecule has 0 bridgehead atoms. The molecule has 0 rings (SSSR count). The quantitative estimate of drug-likeness (QED) is 0.376. The zero-order chi connectivity index (χ0) is 12.8. The monoisotopic (exact) mass is 246 g/mol. The van der Waals surface area contributed by atoms with E-state index in [9.17, 15) is 9.18 Å². The fourth-order valence-corrected chi connectivity index (χ4v) is 1.83. The SMILES string of the molecule is CCOC(=O)CCCCCCCCCCCF. The van der Waals surface area contributed by atoms with Crippen molar-refractivity contribution < 1.29 is 13.9 Å². The normalized spacial score (nSPS) is 10.5. The van der Waals surface area contributed by atoms with Crippen LogP contribution in [0.15, 0.2) is 0 Å². The molecule has 0 aromatic carbocycles. The molecule has 0 amide bonds. The lowest BCUT2D eigenvalue weighted by molar-refractivity contribution is -0.143. The van der Waals surface area contributed by atoms with E-state index in [1.807, 2.05) is 6.92 Å². The third-order valence-electron chi connectivity index (χ3n) is 2.82. The molecule has 0 aromatic rings. The summed E-state index contributed by atoms with van der Waals surface area (Å²) in [6.45, 7) is 2.15. The molecule has 0 aromatic heterocycles. The number of halogens is 1. The molecule has 17 heavy (non-hydrogen) atoms. The summed E-state index contributed by atoms with van der Waals surface area (Å²) < 4.78 is 16.6. The second-order valence-electron chi connectivity index (χ2n) is 4.43. The molecule has 0 unspecified atom stereocenters. The Kier molecular flexibility index (Phi) is 13.0. The van der Waals surface area contributed by atoms with Gasteiger partial charge in [-0.05, 0) is 19.8 Å². The van der Waals surface area contributed by atoms with E-state index in [1.54, 1.807) is 0 Å². The minimum atomic E-state index is -0.173. The second kappa shape index (κ2) is 13.5. The highest BCUT2D eigenvalue weighted by Crippen LogP contribution is 2.10. The molecular weight excluding hydrogens is 219 g/mol. The minimum Gasteiger partial charge on any atom is -0.466 e. The van der Waals surface area contributed by atoms with E-state index in [4.69, 9.17) is 4.74 Å². The van der Waals surface area contributed by atoms with Crippen LogP contribution in [0.2, 0.25) is 0 Å². The predicted molar refractivity (Wildman–Crippen MR) is 68.8 cm³/mol. The van der Waals surface area contributed by atoms with Crippen LogP contribution in [0, 0.1) is 0 Å². The molecule has 2 nitrogen and oxygen atoms in total. The van der Waals surface area contributed by atoms with Crippen LogP contribution in [0.4, 0.5) is 4.39 Å². The van der Waals surface area contributed by atoms with Gasteiger partial charge in [-0.3, -0.25) is 9.18 Å². The third kappa shape index (κ3) is 13.3. The van der Waals surface area contributed by atoms with Gasteiger partial charge in [0.2, 0.25) is 0 Å². The van der Waals surface area contributed by atoms with Crippen molar-refractivity contribution in [3.63, 3.8) is 0 Å². The number of rotatable bonds is 12. The van der Waals surface area contributed by atoms with Crippen molar-refractivity contribution in [1.29, 1.82) is 0 Å². The Morgan fingerprint density at radius 1 is 0.882 bits per heavy atom. The second-order valence-corrected chi connectivity index (χ2v) is 4.43. The van der Waals surface area contributed by atoms with Crippen molar-refractivity contribution in [2.75, 3.05) is 13.3 Å². The van der Waals surface area contributed by atoms with E-state index >= 15 is 0 Å². The molecule has 0 heterocycles. The van der Waals surface area contributed by atoms with Crippen LogP contribution in [-0.2, 0) is 9.53 Å². The molecule has 0 aliphatic rings. The maximum absolute atomic E-state index is 11.8. The highest BCUT2D eigenvalue weighted by Gasteiger charge is 2.00. The van der Waals surface area contributed by atoms with Gasteiger partial charge in [0.05, 0.1) is 13.3 Å². The van der Waals surface area contributed by atoms with Gasteiger partial charge in [-0.25, -0.2) is 0 Å². The van der Waals surface area contributed by atoms with E-state index in [-0.39, 0.29) is 12.6 Å². The fourth-order valence-electron chi connectivity index (χ4n) is 1.83. The van der Waals surface area contributed by atoms with Gasteiger partial charge in [-0.2, -0.15) is 0 Å². The number of hydrogen-bond donors (Lipinski definition) is 0. The molecule has 0 saturated carbocycles. The van der Waals surface area contributed by atoms with Crippen LogP contribution in [0.5, 0.6) is 0 Å². The van der Waals surface area contributed by atoms with Gasteiger partial charge in [-0.15, -0.1) is 0 Å². The van der Waals surface area contributed by atoms with Gasteiger partial charge in [0.1, 0.15) is 0 Å². The maximum Gasteiger partial charge on any atom is 0.305 e. The first-order chi connectivity index (χ1) is 8.31. The average molecular weight is 246 g/mol. The summed E-state index contributed by atoms with van der Waals surface area (Å²) >= 11 is 0. The zero-order valence-electron chi connectivity index (χ0n) is 11.2. The zero-order valence-corrected chi connectivity index (χ0v) is 11.2. The lowest BCUT2D eigenvalue weighted by Crippen LogP contribution is -2.03. The van der Waals surface area contributed by atoms with Crippen LogP contribution in [0.3, 0.4) is 0 Å². The topological polar surface area (TPSA) is 26.3 Å². The highest BCUT2D eigenvalue weighted by atomic mass is 19.1. The summed E-state index contributed by atoms with van der Waals surface area (Å²) in [7, 11) is 0. The van der Waals surface area contributed by atoms with Gasteiger partial charge in [0.15, 0.2) is 0 Å². The minimum absolute atomic E-state index is 0.0706. The first-order valence-corrected chi connectivity index (χ1v) is 7.02. The van der Waals surface area contributed by atoms with Gasteiger partial charge < -0.3 is 4.74 Å². The Labute approximate surface area is 105 Å². The van der Waals surface area contributed by atoms with Gasteiger partial charge in [0, 0.05) is 6.42 Å². The summed E-state index contributed by atoms with van der Waals surface area (Å²) in [5, 5.41) is 0. The number of unbranched alkanes of at least 4 members (excludes halogenated alkanes) is 8. The Balaban J connectivity index is 3.01. The third-order valence-corrected chi connectivity index (χ3v) is 2.82. The van der Waals surface area contributed by atoms with E-state index in [2.05, 4.69) is 0 Å². The van der Waals surface area contributed by atoms with Crippen molar-refractivity contribution in [2.45, 2.75) is 71.1 Å². The molecule has 0 spiro atoms. The number of esters is 1. The van der Waals surface area contributed by atoms with Crippen molar-refractivity contribution >= 4 is 5.97 Å². The molecule has 3 heteroatoms. The fraction of sp³-hybridized carbons (Fsp3) is 0.929. The summed E-state index contributed by atoms with van der Waals surface area (Å²) in [5.74, 6) is -0.0706. The number of carbonyl (C=O) groups excluding carboxylic acids is 1. The molecule has 0 fully saturated rings. The lowest BCUT2D eigenvalue weighted by atomic mass is 10.1. The van der Waals surface area contributed by atoms with Crippen LogP contribution in [0.25, 0.3) is 0 Å². The van der Waals surface area contributed by atoms with Crippen LogP contribution in [-0.4, -0.2) is 19.3 Å². The first-order valence-electron chi connectivity index (χ1n) is 7.02. The molecule has 0 saturated heterocycles. The molecule has 0 aliphatic carbocycles. The molecule has 0 N–H and O–H groups in total. The summed E-state index contributed by atoms with van der Waals surface area (Å²) in [4.78, 5) is 11.0. The van der Waals surface area contributed by atoms with Crippen LogP contribution in [0.1, 0.15) is 71.1 Å². The standard InChI is InChI=1S/C14H27FO2/c1-2-17-14(16)12-10-8-6-4-3-5-7-9-11-13-15/h2-13H2,1H3. The largest absolute Gasteiger partial charge is 0.466 e. The Morgan fingerprint density at radius 2 is 1.35 bits per heavy atom. The van der Waals surface area contributed by atoms with E-state index in [1.165, 1.54) is 25.7 Å². The Morgan fingerprint density at radius 3 is 1.82 bits per heavy atom. The Hall–Kier alpha value is -0.600. The van der Waals surface area contributed by atoms with Crippen molar-refractivity contribution in [3.05, 3.63) is 0 Å². The van der Waals surface area contributed by atoms with E-state index in [0.29, 0.717) is 13.0 Å². The van der Waals surface area contributed by atoms with Crippen LogP contribution >= 0.6 is 0 Å². The van der Waals surface area contributed by atoms with E-state index < -0.39 is 0 Å². The summed E-state index contributed by atoms with van der Waals surface area (Å²) in [6.07, 6.45) is 10.4.